The van der Waals surface area contributed by atoms with Gasteiger partial charge in [0.15, 0.2) is 5.69 Å². The lowest BCUT2D eigenvalue weighted by Gasteiger charge is -2.07. The number of fused-ring (bicyclic) bond motifs is 1. The van der Waals surface area contributed by atoms with Gasteiger partial charge >= 0.3 is 0 Å². The number of nitrogens with zero attached hydrogens (tertiary/aromatic N) is 2. The van der Waals surface area contributed by atoms with Crippen LogP contribution in [0.3, 0.4) is 0 Å². The van der Waals surface area contributed by atoms with Crippen LogP contribution in [0, 0.1) is 0 Å². The molecule has 0 spiro atoms. The Morgan fingerprint density at radius 1 is 1.39 bits per heavy atom. The molecule has 0 unspecified atom stereocenters. The van der Waals surface area contributed by atoms with E-state index in [0.717, 1.165) is 18.4 Å². The summed E-state index contributed by atoms with van der Waals surface area (Å²) in [6.07, 6.45) is 1.97. The monoisotopic (exact) mass is 243 g/mol. The normalized spacial score (nSPS) is 14.7. The molecule has 1 amide bonds. The summed E-state index contributed by atoms with van der Waals surface area (Å²) in [5.41, 5.74) is 1.00. The van der Waals surface area contributed by atoms with E-state index in [4.69, 9.17) is 0 Å². The Kier molecular flexibility index (Phi) is 2.40. The smallest absolute Gasteiger partial charge is 0.282 e. The third-order valence-electron chi connectivity index (χ3n) is 3.11. The minimum atomic E-state index is -0.371. The molecule has 1 heterocycles. The Hall–Kier alpha value is -2.17. The number of hydrogen-bond acceptors (Lipinski definition) is 3. The molecular weight excluding hydrogens is 230 g/mol. The molecule has 1 aliphatic rings. The number of benzene rings is 1. The number of aromatic nitrogens is 2. The van der Waals surface area contributed by atoms with Crippen LogP contribution in [0.5, 0.6) is 0 Å². The van der Waals surface area contributed by atoms with Gasteiger partial charge in [0.25, 0.3) is 11.5 Å². The SMILES string of the molecule is Cn1c(=O)c(C(=O)NC2CC2)nc2ccccc21. The van der Waals surface area contributed by atoms with Crippen LogP contribution >= 0.6 is 0 Å². The summed E-state index contributed by atoms with van der Waals surface area (Å²) in [5.74, 6) is -0.371. The van der Waals surface area contributed by atoms with Crippen molar-refractivity contribution in [3.05, 3.63) is 40.3 Å². The molecular formula is C13H13N3O2. The molecule has 1 fully saturated rings. The molecule has 1 N–H and O–H groups in total. The van der Waals surface area contributed by atoms with Gasteiger partial charge in [-0.2, -0.15) is 0 Å². The maximum absolute atomic E-state index is 12.1. The van der Waals surface area contributed by atoms with E-state index in [-0.39, 0.29) is 23.2 Å². The first-order valence-electron chi connectivity index (χ1n) is 5.93. The molecule has 0 bridgehead atoms. The third kappa shape index (κ3) is 1.77. The summed E-state index contributed by atoms with van der Waals surface area (Å²) >= 11 is 0. The highest BCUT2D eigenvalue weighted by Gasteiger charge is 2.26. The van der Waals surface area contributed by atoms with Crippen LogP contribution < -0.4 is 10.9 Å². The van der Waals surface area contributed by atoms with E-state index in [2.05, 4.69) is 10.3 Å². The summed E-state index contributed by atoms with van der Waals surface area (Å²) < 4.78 is 1.46. The number of aryl methyl sites for hydroxylation is 1. The molecule has 0 radical (unpaired) electrons. The fourth-order valence-electron chi connectivity index (χ4n) is 1.91. The van der Waals surface area contributed by atoms with Crippen molar-refractivity contribution in [3.8, 4) is 0 Å². The topological polar surface area (TPSA) is 64.0 Å². The van der Waals surface area contributed by atoms with Gasteiger partial charge in [-0.15, -0.1) is 0 Å². The van der Waals surface area contributed by atoms with Crippen molar-refractivity contribution in [2.75, 3.05) is 0 Å². The first kappa shape index (κ1) is 11.0. The molecule has 0 saturated heterocycles. The predicted octanol–water partition coefficient (Wildman–Crippen LogP) is 0.826. The molecule has 3 rings (SSSR count). The van der Waals surface area contributed by atoms with Crippen LogP contribution in [-0.2, 0) is 7.05 Å². The lowest BCUT2D eigenvalue weighted by Crippen LogP contribution is -2.34. The standard InChI is InChI=1S/C13H13N3O2/c1-16-10-5-3-2-4-9(10)15-11(13(16)18)12(17)14-8-6-7-8/h2-5,8H,6-7H2,1H3,(H,14,17). The fraction of sp³-hybridized carbons (Fsp3) is 0.308. The van der Waals surface area contributed by atoms with Crippen LogP contribution in [0.1, 0.15) is 23.3 Å². The second-order valence-corrected chi connectivity index (χ2v) is 4.56. The first-order chi connectivity index (χ1) is 8.66. The van der Waals surface area contributed by atoms with Crippen LogP contribution in [0.4, 0.5) is 0 Å². The Balaban J connectivity index is 2.14. The second kappa shape index (κ2) is 3.94. The van der Waals surface area contributed by atoms with Crippen LogP contribution in [0.15, 0.2) is 29.1 Å². The number of nitrogens with one attached hydrogen (secondary N) is 1. The van der Waals surface area contributed by atoms with E-state index in [0.29, 0.717) is 5.52 Å². The molecule has 0 aliphatic heterocycles. The Labute approximate surface area is 103 Å². The molecule has 5 nitrogen and oxygen atoms in total. The molecule has 1 aromatic heterocycles. The number of rotatable bonds is 2. The highest BCUT2D eigenvalue weighted by molar-refractivity contribution is 5.94. The van der Waals surface area contributed by atoms with Gasteiger partial charge in [0.05, 0.1) is 11.0 Å². The molecule has 5 heteroatoms. The van der Waals surface area contributed by atoms with Gasteiger partial charge in [-0.3, -0.25) is 9.59 Å². The average molecular weight is 243 g/mol. The Bertz CT molecular complexity index is 686. The summed E-state index contributed by atoms with van der Waals surface area (Å²) in [6, 6.07) is 7.50. The maximum atomic E-state index is 12.1. The van der Waals surface area contributed by atoms with Crippen molar-refractivity contribution < 1.29 is 4.79 Å². The summed E-state index contributed by atoms with van der Waals surface area (Å²) in [7, 11) is 1.65. The van der Waals surface area contributed by atoms with Gasteiger partial charge < -0.3 is 9.88 Å². The third-order valence-corrected chi connectivity index (χ3v) is 3.11. The molecule has 0 atom stereocenters. The van der Waals surface area contributed by atoms with Crippen molar-refractivity contribution in [3.63, 3.8) is 0 Å². The van der Waals surface area contributed by atoms with Gasteiger partial charge in [0.2, 0.25) is 0 Å². The van der Waals surface area contributed by atoms with Gasteiger partial charge in [0, 0.05) is 13.1 Å². The lowest BCUT2D eigenvalue weighted by molar-refractivity contribution is 0.0944. The van der Waals surface area contributed by atoms with Crippen LogP contribution in [0.25, 0.3) is 11.0 Å². The zero-order valence-electron chi connectivity index (χ0n) is 10.0. The van der Waals surface area contributed by atoms with Crippen LogP contribution in [-0.4, -0.2) is 21.5 Å². The number of carbonyl (C=O) groups is 1. The summed E-state index contributed by atoms with van der Waals surface area (Å²) in [6.45, 7) is 0. The molecule has 92 valence electrons. The second-order valence-electron chi connectivity index (χ2n) is 4.56. The largest absolute Gasteiger partial charge is 0.348 e. The minimum absolute atomic E-state index is 0.0249. The van der Waals surface area contributed by atoms with Crippen LogP contribution in [0.2, 0.25) is 0 Å². The highest BCUT2D eigenvalue weighted by atomic mass is 16.2. The highest BCUT2D eigenvalue weighted by Crippen LogP contribution is 2.19. The Morgan fingerprint density at radius 3 is 2.83 bits per heavy atom. The zero-order valence-corrected chi connectivity index (χ0v) is 10.0. The fourth-order valence-corrected chi connectivity index (χ4v) is 1.91. The van der Waals surface area contributed by atoms with Crippen molar-refractivity contribution >= 4 is 16.9 Å². The molecule has 18 heavy (non-hydrogen) atoms. The van der Waals surface area contributed by atoms with E-state index in [1.54, 1.807) is 13.1 Å². The zero-order chi connectivity index (χ0) is 12.7. The molecule has 1 saturated carbocycles. The Morgan fingerprint density at radius 2 is 2.11 bits per heavy atom. The lowest BCUT2D eigenvalue weighted by atomic mass is 10.2. The molecule has 1 aromatic carbocycles. The quantitative estimate of drug-likeness (QED) is 0.849. The van der Waals surface area contributed by atoms with Crippen molar-refractivity contribution in [2.45, 2.75) is 18.9 Å². The van der Waals surface area contributed by atoms with Gasteiger partial charge in [-0.25, -0.2) is 4.98 Å². The van der Waals surface area contributed by atoms with E-state index in [1.807, 2.05) is 18.2 Å². The van der Waals surface area contributed by atoms with E-state index < -0.39 is 0 Å². The van der Waals surface area contributed by atoms with Crippen molar-refractivity contribution in [1.82, 2.24) is 14.9 Å². The molecule has 1 aliphatic carbocycles. The van der Waals surface area contributed by atoms with Gasteiger partial charge in [0.1, 0.15) is 0 Å². The summed E-state index contributed by atoms with van der Waals surface area (Å²) in [4.78, 5) is 28.2. The number of hydrogen-bond donors (Lipinski definition) is 1. The minimum Gasteiger partial charge on any atom is -0.348 e. The summed E-state index contributed by atoms with van der Waals surface area (Å²) in [5, 5.41) is 2.79. The van der Waals surface area contributed by atoms with Crippen molar-refractivity contribution in [2.24, 2.45) is 7.05 Å². The van der Waals surface area contributed by atoms with E-state index in [1.165, 1.54) is 4.57 Å². The number of amides is 1. The first-order valence-corrected chi connectivity index (χ1v) is 5.93. The van der Waals surface area contributed by atoms with Crippen molar-refractivity contribution in [1.29, 1.82) is 0 Å². The predicted molar refractivity (Wildman–Crippen MR) is 67.5 cm³/mol. The number of para-hydroxylation sites is 2. The van der Waals surface area contributed by atoms with E-state index >= 15 is 0 Å². The number of carbonyl (C=O) groups excluding carboxylic acids is 1. The van der Waals surface area contributed by atoms with Gasteiger partial charge in [-0.1, -0.05) is 12.1 Å². The molecule has 2 aromatic rings. The van der Waals surface area contributed by atoms with Gasteiger partial charge in [-0.05, 0) is 25.0 Å². The average Bonchev–Trinajstić information content (AvgIpc) is 3.17. The van der Waals surface area contributed by atoms with E-state index in [9.17, 15) is 9.59 Å². The maximum Gasteiger partial charge on any atom is 0.282 e.